The van der Waals surface area contributed by atoms with Crippen LogP contribution in [0.4, 0.5) is 4.39 Å². The third-order valence-electron chi connectivity index (χ3n) is 2.41. The Hall–Kier alpha value is -1.16. The zero-order chi connectivity index (χ0) is 12.8. The van der Waals surface area contributed by atoms with Crippen molar-refractivity contribution in [3.05, 3.63) is 46.7 Å². The van der Waals surface area contributed by atoms with Crippen molar-refractivity contribution in [3.8, 4) is 0 Å². The number of halogens is 2. The van der Waals surface area contributed by atoms with Crippen LogP contribution in [0.25, 0.3) is 0 Å². The normalized spacial score (nSPS) is 10.1. The SMILES string of the molecule is C=CCCCN(C)C(=O)c1cc(Br)ccc1F. The number of rotatable bonds is 5. The predicted molar refractivity (Wildman–Crippen MR) is 70.5 cm³/mol. The number of hydrogen-bond acceptors (Lipinski definition) is 1. The molecule has 0 saturated carbocycles. The molecule has 0 saturated heterocycles. The number of allylic oxidation sites excluding steroid dienone is 1. The molecule has 0 heterocycles. The Labute approximate surface area is 109 Å². The fraction of sp³-hybridized carbons (Fsp3) is 0.308. The second-order valence-electron chi connectivity index (χ2n) is 3.78. The van der Waals surface area contributed by atoms with Gasteiger partial charge in [-0.2, -0.15) is 0 Å². The first-order valence-electron chi connectivity index (χ1n) is 5.37. The van der Waals surface area contributed by atoms with Crippen LogP contribution in [0.2, 0.25) is 0 Å². The summed E-state index contributed by atoms with van der Waals surface area (Å²) in [5.74, 6) is -0.790. The van der Waals surface area contributed by atoms with Gasteiger partial charge in [-0.25, -0.2) is 4.39 Å². The van der Waals surface area contributed by atoms with E-state index in [0.29, 0.717) is 11.0 Å². The Morgan fingerprint density at radius 2 is 2.29 bits per heavy atom. The van der Waals surface area contributed by atoms with E-state index < -0.39 is 5.82 Å². The summed E-state index contributed by atoms with van der Waals surface area (Å²) in [7, 11) is 1.67. The summed E-state index contributed by atoms with van der Waals surface area (Å²) in [6.07, 6.45) is 3.48. The molecular formula is C13H15BrFNO. The third-order valence-corrected chi connectivity index (χ3v) is 2.90. The summed E-state index contributed by atoms with van der Waals surface area (Å²) >= 11 is 3.23. The van der Waals surface area contributed by atoms with Crippen molar-refractivity contribution in [2.45, 2.75) is 12.8 Å². The van der Waals surface area contributed by atoms with Crippen molar-refractivity contribution in [2.24, 2.45) is 0 Å². The molecule has 0 aliphatic heterocycles. The first kappa shape index (κ1) is 13.9. The molecule has 1 aromatic rings. The highest BCUT2D eigenvalue weighted by atomic mass is 79.9. The molecule has 4 heteroatoms. The van der Waals surface area contributed by atoms with E-state index in [4.69, 9.17) is 0 Å². The van der Waals surface area contributed by atoms with Crippen molar-refractivity contribution in [2.75, 3.05) is 13.6 Å². The smallest absolute Gasteiger partial charge is 0.256 e. The number of hydrogen-bond donors (Lipinski definition) is 0. The van der Waals surface area contributed by atoms with Gasteiger partial charge in [0.05, 0.1) is 5.56 Å². The lowest BCUT2D eigenvalue weighted by Gasteiger charge is -2.17. The summed E-state index contributed by atoms with van der Waals surface area (Å²) in [4.78, 5) is 13.5. The topological polar surface area (TPSA) is 20.3 Å². The quantitative estimate of drug-likeness (QED) is 0.600. The minimum absolute atomic E-state index is 0.0977. The van der Waals surface area contributed by atoms with Gasteiger partial charge in [0.25, 0.3) is 5.91 Å². The molecule has 17 heavy (non-hydrogen) atoms. The minimum Gasteiger partial charge on any atom is -0.342 e. The number of nitrogens with zero attached hydrogens (tertiary/aromatic N) is 1. The Balaban J connectivity index is 2.74. The van der Waals surface area contributed by atoms with E-state index in [1.54, 1.807) is 19.2 Å². The molecule has 0 bridgehead atoms. The summed E-state index contributed by atoms with van der Waals surface area (Å²) in [6.45, 7) is 4.21. The summed E-state index contributed by atoms with van der Waals surface area (Å²) in [6, 6.07) is 4.36. The van der Waals surface area contributed by atoms with Crippen LogP contribution >= 0.6 is 15.9 Å². The Bertz CT molecular complexity index is 420. The van der Waals surface area contributed by atoms with Crippen LogP contribution in [-0.2, 0) is 0 Å². The average Bonchev–Trinajstić information content (AvgIpc) is 2.31. The lowest BCUT2D eigenvalue weighted by atomic mass is 10.2. The summed E-state index contributed by atoms with van der Waals surface area (Å²) in [5, 5.41) is 0. The van der Waals surface area contributed by atoms with Gasteiger partial charge >= 0.3 is 0 Å². The number of carbonyl (C=O) groups is 1. The maximum absolute atomic E-state index is 13.5. The zero-order valence-electron chi connectivity index (χ0n) is 9.75. The maximum atomic E-state index is 13.5. The molecule has 0 unspecified atom stereocenters. The van der Waals surface area contributed by atoms with E-state index in [9.17, 15) is 9.18 Å². The molecule has 1 amide bonds. The highest BCUT2D eigenvalue weighted by Gasteiger charge is 2.15. The number of unbranched alkanes of at least 4 members (excludes halogenated alkanes) is 1. The van der Waals surface area contributed by atoms with Crippen LogP contribution < -0.4 is 0 Å². The molecule has 0 aliphatic carbocycles. The molecular weight excluding hydrogens is 285 g/mol. The molecule has 0 atom stereocenters. The molecule has 0 spiro atoms. The van der Waals surface area contributed by atoms with E-state index in [1.807, 2.05) is 0 Å². The molecule has 1 aromatic carbocycles. The first-order chi connectivity index (χ1) is 8.06. The molecule has 0 N–H and O–H groups in total. The second kappa shape index (κ2) is 6.55. The van der Waals surface area contributed by atoms with Crippen molar-refractivity contribution in [1.29, 1.82) is 0 Å². The van der Waals surface area contributed by atoms with Gasteiger partial charge in [0.15, 0.2) is 0 Å². The summed E-state index contributed by atoms with van der Waals surface area (Å²) < 4.78 is 14.2. The van der Waals surface area contributed by atoms with Gasteiger partial charge in [0, 0.05) is 18.1 Å². The Kier molecular flexibility index (Phi) is 5.35. The Morgan fingerprint density at radius 1 is 1.59 bits per heavy atom. The fourth-order valence-electron chi connectivity index (χ4n) is 1.44. The molecule has 0 aromatic heterocycles. The van der Waals surface area contributed by atoms with Gasteiger partial charge < -0.3 is 4.90 Å². The fourth-order valence-corrected chi connectivity index (χ4v) is 1.80. The average molecular weight is 300 g/mol. The maximum Gasteiger partial charge on any atom is 0.256 e. The standard InChI is InChI=1S/C13H15BrFNO/c1-3-4-5-8-16(2)13(17)11-9-10(14)6-7-12(11)15/h3,6-7,9H,1,4-5,8H2,2H3. The highest BCUT2D eigenvalue weighted by Crippen LogP contribution is 2.17. The lowest BCUT2D eigenvalue weighted by molar-refractivity contribution is 0.0789. The van der Waals surface area contributed by atoms with E-state index in [0.717, 1.165) is 12.8 Å². The van der Waals surface area contributed by atoms with Crippen LogP contribution in [0.5, 0.6) is 0 Å². The second-order valence-corrected chi connectivity index (χ2v) is 4.70. The number of carbonyl (C=O) groups excluding carboxylic acids is 1. The monoisotopic (exact) mass is 299 g/mol. The molecule has 92 valence electrons. The van der Waals surface area contributed by atoms with Gasteiger partial charge in [0.1, 0.15) is 5.82 Å². The van der Waals surface area contributed by atoms with Crippen LogP contribution in [0, 0.1) is 5.82 Å². The van der Waals surface area contributed by atoms with Gasteiger partial charge in [-0.1, -0.05) is 22.0 Å². The van der Waals surface area contributed by atoms with Crippen molar-refractivity contribution >= 4 is 21.8 Å². The highest BCUT2D eigenvalue weighted by molar-refractivity contribution is 9.10. The van der Waals surface area contributed by atoms with E-state index in [1.165, 1.54) is 17.0 Å². The van der Waals surface area contributed by atoms with Crippen LogP contribution in [0.15, 0.2) is 35.3 Å². The van der Waals surface area contributed by atoms with Gasteiger partial charge in [-0.05, 0) is 31.0 Å². The predicted octanol–water partition coefficient (Wildman–Crippen LogP) is 3.63. The van der Waals surface area contributed by atoms with Crippen LogP contribution in [0.1, 0.15) is 23.2 Å². The lowest BCUT2D eigenvalue weighted by Crippen LogP contribution is -2.28. The van der Waals surface area contributed by atoms with E-state index in [-0.39, 0.29) is 11.5 Å². The van der Waals surface area contributed by atoms with E-state index in [2.05, 4.69) is 22.5 Å². The number of amides is 1. The zero-order valence-corrected chi connectivity index (χ0v) is 11.3. The third kappa shape index (κ3) is 3.97. The molecule has 0 radical (unpaired) electrons. The molecule has 2 nitrogen and oxygen atoms in total. The number of benzene rings is 1. The molecule has 0 fully saturated rings. The van der Waals surface area contributed by atoms with Gasteiger partial charge in [-0.15, -0.1) is 6.58 Å². The largest absolute Gasteiger partial charge is 0.342 e. The summed E-state index contributed by atoms with van der Waals surface area (Å²) in [5.41, 5.74) is 0.0977. The molecule has 0 aliphatic rings. The Morgan fingerprint density at radius 3 is 2.94 bits per heavy atom. The van der Waals surface area contributed by atoms with Gasteiger partial charge in [-0.3, -0.25) is 4.79 Å². The van der Waals surface area contributed by atoms with Crippen molar-refractivity contribution in [3.63, 3.8) is 0 Å². The van der Waals surface area contributed by atoms with Crippen molar-refractivity contribution < 1.29 is 9.18 Å². The van der Waals surface area contributed by atoms with Crippen molar-refractivity contribution in [1.82, 2.24) is 4.90 Å². The first-order valence-corrected chi connectivity index (χ1v) is 6.17. The van der Waals surface area contributed by atoms with Crippen LogP contribution in [-0.4, -0.2) is 24.4 Å². The minimum atomic E-state index is -0.492. The van der Waals surface area contributed by atoms with Gasteiger partial charge in [0.2, 0.25) is 0 Å². The van der Waals surface area contributed by atoms with E-state index >= 15 is 0 Å². The van der Waals surface area contributed by atoms with Crippen LogP contribution in [0.3, 0.4) is 0 Å². The molecule has 1 rings (SSSR count).